The molecule has 2 aromatic rings. The van der Waals surface area contributed by atoms with E-state index in [4.69, 9.17) is 11.6 Å². The first-order valence-corrected chi connectivity index (χ1v) is 8.78. The SMILES string of the molecule is CCN1C=C(C(=O)/C=C/c2ccccc2)C(c2ccc(Cl)cc2)NC1=O. The second-order valence-electron chi connectivity index (χ2n) is 5.91. The second-order valence-corrected chi connectivity index (χ2v) is 6.35. The van der Waals surface area contributed by atoms with Crippen LogP contribution in [0.25, 0.3) is 6.08 Å². The molecule has 1 unspecified atom stereocenters. The molecule has 3 rings (SSSR count). The Morgan fingerprint density at radius 2 is 1.85 bits per heavy atom. The van der Waals surface area contributed by atoms with Crippen molar-refractivity contribution in [2.75, 3.05) is 6.54 Å². The van der Waals surface area contributed by atoms with Gasteiger partial charge in [0.25, 0.3) is 0 Å². The van der Waals surface area contributed by atoms with Crippen molar-refractivity contribution < 1.29 is 9.59 Å². The zero-order valence-electron chi connectivity index (χ0n) is 14.4. The second kappa shape index (κ2) is 8.02. The molecule has 0 saturated heterocycles. The first-order valence-electron chi connectivity index (χ1n) is 8.40. The molecule has 2 amide bonds. The van der Waals surface area contributed by atoms with E-state index >= 15 is 0 Å². The van der Waals surface area contributed by atoms with Crippen LogP contribution in [0.4, 0.5) is 4.79 Å². The predicted octanol–water partition coefficient (Wildman–Crippen LogP) is 4.59. The van der Waals surface area contributed by atoms with Gasteiger partial charge in [0.2, 0.25) is 0 Å². The smallest absolute Gasteiger partial charge is 0.322 e. The number of amides is 2. The summed E-state index contributed by atoms with van der Waals surface area (Å²) in [5, 5.41) is 3.51. The standard InChI is InChI=1S/C21H19ClN2O2/c1-2-24-14-18(19(25)13-8-15-6-4-3-5-7-15)20(23-21(24)26)16-9-11-17(22)12-10-16/h3-14,20H,2H2,1H3,(H,23,26)/b13-8+. The van der Waals surface area contributed by atoms with Crippen LogP contribution in [0, 0.1) is 0 Å². The molecule has 26 heavy (non-hydrogen) atoms. The first-order chi connectivity index (χ1) is 12.6. The van der Waals surface area contributed by atoms with Gasteiger partial charge in [-0.2, -0.15) is 0 Å². The number of allylic oxidation sites excluding steroid dienone is 1. The number of rotatable bonds is 5. The molecule has 0 bridgehead atoms. The van der Waals surface area contributed by atoms with Crippen LogP contribution >= 0.6 is 11.6 Å². The molecule has 5 heteroatoms. The molecule has 1 aliphatic rings. The van der Waals surface area contributed by atoms with E-state index < -0.39 is 6.04 Å². The van der Waals surface area contributed by atoms with Gasteiger partial charge in [-0.15, -0.1) is 0 Å². The summed E-state index contributed by atoms with van der Waals surface area (Å²) < 4.78 is 0. The lowest BCUT2D eigenvalue weighted by Crippen LogP contribution is -2.44. The maximum absolute atomic E-state index is 12.8. The number of ketones is 1. The fourth-order valence-corrected chi connectivity index (χ4v) is 2.90. The van der Waals surface area contributed by atoms with Gasteiger partial charge in [-0.3, -0.25) is 4.79 Å². The lowest BCUT2D eigenvalue weighted by molar-refractivity contribution is -0.111. The van der Waals surface area contributed by atoms with Gasteiger partial charge in [-0.25, -0.2) is 4.79 Å². The maximum atomic E-state index is 12.8. The van der Waals surface area contributed by atoms with E-state index in [9.17, 15) is 9.59 Å². The van der Waals surface area contributed by atoms with Gasteiger partial charge in [0.1, 0.15) is 0 Å². The van der Waals surface area contributed by atoms with E-state index in [0.29, 0.717) is 17.1 Å². The van der Waals surface area contributed by atoms with Gasteiger partial charge in [0.15, 0.2) is 5.78 Å². The third kappa shape index (κ3) is 4.03. The monoisotopic (exact) mass is 366 g/mol. The molecule has 0 aromatic heterocycles. The van der Waals surface area contributed by atoms with Gasteiger partial charge in [-0.05, 0) is 36.3 Å². The fraction of sp³-hybridized carbons (Fsp3) is 0.143. The van der Waals surface area contributed by atoms with E-state index in [1.165, 1.54) is 11.0 Å². The zero-order chi connectivity index (χ0) is 18.5. The summed E-state index contributed by atoms with van der Waals surface area (Å²) in [4.78, 5) is 26.6. The van der Waals surface area contributed by atoms with E-state index in [1.54, 1.807) is 24.4 Å². The quantitative estimate of drug-likeness (QED) is 0.786. The van der Waals surface area contributed by atoms with E-state index in [1.807, 2.05) is 49.4 Å². The molecule has 132 valence electrons. The zero-order valence-corrected chi connectivity index (χ0v) is 15.1. The molecule has 4 nitrogen and oxygen atoms in total. The Balaban J connectivity index is 1.92. The molecule has 1 N–H and O–H groups in total. The van der Waals surface area contributed by atoms with Crippen LogP contribution in [-0.2, 0) is 4.79 Å². The van der Waals surface area contributed by atoms with Crippen molar-refractivity contribution in [2.24, 2.45) is 0 Å². The van der Waals surface area contributed by atoms with Crippen LogP contribution in [0.2, 0.25) is 5.02 Å². The maximum Gasteiger partial charge on any atom is 0.322 e. The Kier molecular flexibility index (Phi) is 5.54. The minimum Gasteiger partial charge on any atom is -0.327 e. The van der Waals surface area contributed by atoms with E-state index in [-0.39, 0.29) is 11.8 Å². The molecular formula is C21H19ClN2O2. The summed E-state index contributed by atoms with van der Waals surface area (Å²) in [5.41, 5.74) is 2.27. The highest BCUT2D eigenvalue weighted by Gasteiger charge is 2.30. The number of hydrogen-bond acceptors (Lipinski definition) is 2. The van der Waals surface area contributed by atoms with Crippen molar-refractivity contribution in [1.82, 2.24) is 10.2 Å². The molecular weight excluding hydrogens is 348 g/mol. The molecule has 1 aliphatic heterocycles. The predicted molar refractivity (Wildman–Crippen MR) is 104 cm³/mol. The average Bonchev–Trinajstić information content (AvgIpc) is 2.67. The Labute approximate surface area is 157 Å². The molecule has 2 aromatic carbocycles. The van der Waals surface area contributed by atoms with Crippen molar-refractivity contribution in [1.29, 1.82) is 0 Å². The highest BCUT2D eigenvalue weighted by Crippen LogP contribution is 2.28. The van der Waals surface area contributed by atoms with Crippen molar-refractivity contribution in [3.05, 3.63) is 88.6 Å². The molecule has 0 aliphatic carbocycles. The molecule has 0 spiro atoms. The van der Waals surface area contributed by atoms with Crippen LogP contribution < -0.4 is 5.32 Å². The Morgan fingerprint density at radius 3 is 2.50 bits per heavy atom. The highest BCUT2D eigenvalue weighted by molar-refractivity contribution is 6.30. The highest BCUT2D eigenvalue weighted by atomic mass is 35.5. The number of carbonyl (C=O) groups is 2. The molecule has 0 radical (unpaired) electrons. The minimum atomic E-state index is -0.504. The van der Waals surface area contributed by atoms with Gasteiger partial charge < -0.3 is 10.2 Å². The summed E-state index contributed by atoms with van der Waals surface area (Å²) in [6, 6.07) is 16.0. The van der Waals surface area contributed by atoms with Gasteiger partial charge >= 0.3 is 6.03 Å². The lowest BCUT2D eigenvalue weighted by atomic mass is 9.94. The number of carbonyl (C=O) groups excluding carboxylic acids is 2. The summed E-state index contributed by atoms with van der Waals surface area (Å²) >= 11 is 5.95. The number of benzene rings is 2. The largest absolute Gasteiger partial charge is 0.327 e. The average molecular weight is 367 g/mol. The molecule has 0 fully saturated rings. The Hall–Kier alpha value is -2.85. The third-order valence-corrected chi connectivity index (χ3v) is 4.44. The van der Waals surface area contributed by atoms with Crippen molar-refractivity contribution in [3.8, 4) is 0 Å². The topological polar surface area (TPSA) is 49.4 Å². The van der Waals surface area contributed by atoms with E-state index in [2.05, 4.69) is 5.32 Å². The lowest BCUT2D eigenvalue weighted by Gasteiger charge is -2.31. The Morgan fingerprint density at radius 1 is 1.15 bits per heavy atom. The van der Waals surface area contributed by atoms with Crippen molar-refractivity contribution >= 4 is 29.5 Å². The minimum absolute atomic E-state index is 0.146. The number of nitrogens with one attached hydrogen (secondary N) is 1. The van der Waals surface area contributed by atoms with Crippen LogP contribution in [0.3, 0.4) is 0 Å². The van der Waals surface area contributed by atoms with Crippen LogP contribution in [0.1, 0.15) is 24.1 Å². The normalized spacial score (nSPS) is 17.2. The summed E-state index contributed by atoms with van der Waals surface area (Å²) in [6.45, 7) is 2.35. The van der Waals surface area contributed by atoms with Crippen molar-refractivity contribution in [3.63, 3.8) is 0 Å². The van der Waals surface area contributed by atoms with Gasteiger partial charge in [0.05, 0.1) is 6.04 Å². The summed E-state index contributed by atoms with van der Waals surface area (Å²) in [6.07, 6.45) is 4.94. The van der Waals surface area contributed by atoms with Gasteiger partial charge in [-0.1, -0.05) is 60.1 Å². The third-order valence-electron chi connectivity index (χ3n) is 4.19. The van der Waals surface area contributed by atoms with Crippen LogP contribution in [0.5, 0.6) is 0 Å². The molecule has 1 atom stereocenters. The van der Waals surface area contributed by atoms with E-state index in [0.717, 1.165) is 11.1 Å². The number of hydrogen-bond donors (Lipinski definition) is 1. The molecule has 1 heterocycles. The number of nitrogens with zero attached hydrogens (tertiary/aromatic N) is 1. The Bertz CT molecular complexity index is 857. The van der Waals surface area contributed by atoms with Gasteiger partial charge in [0, 0.05) is 23.3 Å². The van der Waals surface area contributed by atoms with Crippen LogP contribution in [0.15, 0.2) is 72.4 Å². The summed E-state index contributed by atoms with van der Waals surface area (Å²) in [7, 11) is 0. The first kappa shape index (κ1) is 18.0. The fourth-order valence-electron chi connectivity index (χ4n) is 2.78. The summed E-state index contributed by atoms with van der Waals surface area (Å²) in [5.74, 6) is -0.146. The molecule has 0 saturated carbocycles. The van der Waals surface area contributed by atoms with Crippen LogP contribution in [-0.4, -0.2) is 23.3 Å². The number of urea groups is 1. The van der Waals surface area contributed by atoms with Crippen molar-refractivity contribution in [2.45, 2.75) is 13.0 Å². The number of halogens is 1.